The van der Waals surface area contributed by atoms with Crippen molar-refractivity contribution in [1.82, 2.24) is 4.57 Å². The van der Waals surface area contributed by atoms with E-state index in [9.17, 15) is 9.90 Å². The first-order valence-corrected chi connectivity index (χ1v) is 10.4. The van der Waals surface area contributed by atoms with E-state index < -0.39 is 5.97 Å². The Morgan fingerprint density at radius 3 is 2.41 bits per heavy atom. The summed E-state index contributed by atoms with van der Waals surface area (Å²) in [5.74, 6) is 0.308. The number of nitrogens with zero attached hydrogens (tertiary/aromatic N) is 2. The van der Waals surface area contributed by atoms with Crippen molar-refractivity contribution >= 4 is 29.5 Å². The molecule has 0 saturated heterocycles. The second-order valence-corrected chi connectivity index (χ2v) is 7.68. The number of aliphatic imine (C=N–C) groups is 1. The number of ether oxygens (including phenoxy) is 1. The molecule has 0 aliphatic rings. The molecule has 4 aromatic rings. The number of para-hydroxylation sites is 2. The lowest BCUT2D eigenvalue weighted by atomic mass is 10.1. The molecular formula is C26H21ClN2O3. The van der Waals surface area contributed by atoms with Gasteiger partial charge in [0.15, 0.2) is 0 Å². The van der Waals surface area contributed by atoms with Crippen molar-refractivity contribution in [3.63, 3.8) is 0 Å². The number of carboxylic acids is 1. The molecule has 3 aromatic carbocycles. The Bertz CT molecular complexity index is 1310. The molecule has 32 heavy (non-hydrogen) atoms. The van der Waals surface area contributed by atoms with E-state index in [4.69, 9.17) is 16.3 Å². The van der Waals surface area contributed by atoms with Gasteiger partial charge in [-0.3, -0.25) is 4.99 Å². The first-order valence-electron chi connectivity index (χ1n) is 10.0. The number of aromatic nitrogens is 1. The summed E-state index contributed by atoms with van der Waals surface area (Å²) >= 11 is 6.14. The normalized spacial score (nSPS) is 11.1. The molecule has 0 atom stereocenters. The number of hydrogen-bond acceptors (Lipinski definition) is 3. The fourth-order valence-corrected chi connectivity index (χ4v) is 3.71. The van der Waals surface area contributed by atoms with E-state index in [0.717, 1.165) is 22.6 Å². The van der Waals surface area contributed by atoms with Crippen LogP contribution in [0.2, 0.25) is 5.02 Å². The van der Waals surface area contributed by atoms with Gasteiger partial charge in [0.1, 0.15) is 11.5 Å². The quantitative estimate of drug-likeness (QED) is 0.326. The van der Waals surface area contributed by atoms with E-state index in [0.29, 0.717) is 22.2 Å². The van der Waals surface area contributed by atoms with Crippen LogP contribution in [-0.2, 0) is 0 Å². The third-order valence-electron chi connectivity index (χ3n) is 5.10. The highest BCUT2D eigenvalue weighted by Crippen LogP contribution is 2.30. The fraction of sp³-hybridized carbons (Fsp3) is 0.0769. The predicted octanol–water partition coefficient (Wildman–Crippen LogP) is 6.99. The van der Waals surface area contributed by atoms with Gasteiger partial charge >= 0.3 is 5.97 Å². The summed E-state index contributed by atoms with van der Waals surface area (Å²) in [5, 5.41) is 10.1. The van der Waals surface area contributed by atoms with Crippen molar-refractivity contribution in [2.24, 2.45) is 4.99 Å². The third kappa shape index (κ3) is 4.43. The molecule has 0 aliphatic heterocycles. The average molecular weight is 445 g/mol. The van der Waals surface area contributed by atoms with Gasteiger partial charge in [0.25, 0.3) is 0 Å². The number of hydrogen-bond donors (Lipinski definition) is 1. The first kappa shape index (κ1) is 21.4. The van der Waals surface area contributed by atoms with Crippen LogP contribution in [0.15, 0.2) is 83.9 Å². The summed E-state index contributed by atoms with van der Waals surface area (Å²) in [7, 11) is 0. The highest BCUT2D eigenvalue weighted by Gasteiger charge is 2.15. The number of halogens is 1. The monoisotopic (exact) mass is 444 g/mol. The number of rotatable bonds is 6. The standard InChI is InChI=1S/C26H21ClN2O3/c1-17-15-19(18(2)29(17)24-9-5-3-7-22(24)26(30)31)16-28-20-11-13-21(14-12-20)32-25-10-6-4-8-23(25)27/h3-16H,1-2H3,(H,30,31). The van der Waals surface area contributed by atoms with Crippen LogP contribution >= 0.6 is 11.6 Å². The van der Waals surface area contributed by atoms with E-state index in [1.165, 1.54) is 0 Å². The molecule has 5 nitrogen and oxygen atoms in total. The number of carbonyl (C=O) groups is 1. The second kappa shape index (κ2) is 9.12. The van der Waals surface area contributed by atoms with Gasteiger partial charge in [0, 0.05) is 23.2 Å². The van der Waals surface area contributed by atoms with Crippen molar-refractivity contribution in [3.8, 4) is 17.2 Å². The van der Waals surface area contributed by atoms with E-state index in [2.05, 4.69) is 4.99 Å². The highest BCUT2D eigenvalue weighted by molar-refractivity contribution is 6.32. The number of benzene rings is 3. The number of aromatic carboxylic acids is 1. The molecule has 0 fully saturated rings. The average Bonchev–Trinajstić information content (AvgIpc) is 3.07. The minimum absolute atomic E-state index is 0.256. The van der Waals surface area contributed by atoms with Crippen LogP contribution in [0.3, 0.4) is 0 Å². The SMILES string of the molecule is Cc1cc(C=Nc2ccc(Oc3ccccc3Cl)cc2)c(C)n1-c1ccccc1C(=O)O. The van der Waals surface area contributed by atoms with Gasteiger partial charge in [-0.2, -0.15) is 0 Å². The van der Waals surface area contributed by atoms with E-state index >= 15 is 0 Å². The molecule has 0 unspecified atom stereocenters. The van der Waals surface area contributed by atoms with Crippen molar-refractivity contribution in [3.05, 3.63) is 106 Å². The molecule has 6 heteroatoms. The summed E-state index contributed by atoms with van der Waals surface area (Å²) < 4.78 is 7.75. The summed E-state index contributed by atoms with van der Waals surface area (Å²) in [6.07, 6.45) is 1.78. The maximum atomic E-state index is 11.6. The molecule has 0 aliphatic carbocycles. The van der Waals surface area contributed by atoms with Gasteiger partial charge in [-0.1, -0.05) is 35.9 Å². The van der Waals surface area contributed by atoms with Gasteiger partial charge in [0.2, 0.25) is 0 Å². The van der Waals surface area contributed by atoms with Gasteiger partial charge in [-0.05, 0) is 68.4 Å². The molecule has 160 valence electrons. The number of carboxylic acid groups (broad SMARTS) is 1. The molecular weight excluding hydrogens is 424 g/mol. The van der Waals surface area contributed by atoms with Crippen LogP contribution in [0.5, 0.6) is 11.5 Å². The Morgan fingerprint density at radius 1 is 1.00 bits per heavy atom. The molecule has 0 bridgehead atoms. The summed E-state index contributed by atoms with van der Waals surface area (Å²) in [4.78, 5) is 16.2. The van der Waals surface area contributed by atoms with Crippen molar-refractivity contribution in [1.29, 1.82) is 0 Å². The first-order chi connectivity index (χ1) is 15.4. The van der Waals surface area contributed by atoms with Crippen molar-refractivity contribution in [2.75, 3.05) is 0 Å². The minimum Gasteiger partial charge on any atom is -0.478 e. The van der Waals surface area contributed by atoms with E-state index in [-0.39, 0.29) is 5.56 Å². The zero-order chi connectivity index (χ0) is 22.7. The van der Waals surface area contributed by atoms with Gasteiger partial charge in [0.05, 0.1) is 22.0 Å². The summed E-state index contributed by atoms with van der Waals surface area (Å²) in [5.41, 5.74) is 4.42. The van der Waals surface area contributed by atoms with Crippen LogP contribution < -0.4 is 4.74 Å². The maximum Gasteiger partial charge on any atom is 0.337 e. The van der Waals surface area contributed by atoms with Crippen molar-refractivity contribution < 1.29 is 14.6 Å². The molecule has 0 radical (unpaired) electrons. The molecule has 0 saturated carbocycles. The maximum absolute atomic E-state index is 11.6. The van der Waals surface area contributed by atoms with Crippen LogP contribution in [0, 0.1) is 13.8 Å². The fourth-order valence-electron chi connectivity index (χ4n) is 3.54. The lowest BCUT2D eigenvalue weighted by molar-refractivity contribution is 0.0697. The van der Waals surface area contributed by atoms with Crippen molar-refractivity contribution in [2.45, 2.75) is 13.8 Å². The molecule has 1 N–H and O–H groups in total. The Kier molecular flexibility index (Phi) is 6.10. The largest absolute Gasteiger partial charge is 0.478 e. The Hall–Kier alpha value is -3.83. The van der Waals surface area contributed by atoms with Crippen LogP contribution in [0.1, 0.15) is 27.3 Å². The van der Waals surface area contributed by atoms with Gasteiger partial charge in [-0.15, -0.1) is 0 Å². The van der Waals surface area contributed by atoms with Crippen LogP contribution in [0.4, 0.5) is 5.69 Å². The molecule has 0 spiro atoms. The molecule has 0 amide bonds. The Balaban J connectivity index is 1.57. The molecule has 4 rings (SSSR count). The lowest BCUT2D eigenvalue weighted by Gasteiger charge is -2.12. The Morgan fingerprint density at radius 2 is 1.69 bits per heavy atom. The smallest absolute Gasteiger partial charge is 0.337 e. The van der Waals surface area contributed by atoms with Crippen LogP contribution in [0.25, 0.3) is 5.69 Å². The zero-order valence-electron chi connectivity index (χ0n) is 17.6. The van der Waals surface area contributed by atoms with E-state index in [1.54, 1.807) is 24.4 Å². The second-order valence-electron chi connectivity index (χ2n) is 7.27. The Labute approximate surface area is 191 Å². The minimum atomic E-state index is -0.956. The van der Waals surface area contributed by atoms with Gasteiger partial charge < -0.3 is 14.4 Å². The zero-order valence-corrected chi connectivity index (χ0v) is 18.4. The lowest BCUT2D eigenvalue weighted by Crippen LogP contribution is -2.07. The summed E-state index contributed by atoms with van der Waals surface area (Å²) in [6, 6.07) is 23.7. The van der Waals surface area contributed by atoms with E-state index in [1.807, 2.05) is 79.1 Å². The predicted molar refractivity (Wildman–Crippen MR) is 127 cm³/mol. The summed E-state index contributed by atoms with van der Waals surface area (Å²) in [6.45, 7) is 3.90. The molecule has 1 heterocycles. The third-order valence-corrected chi connectivity index (χ3v) is 5.41. The molecule has 1 aromatic heterocycles. The highest BCUT2D eigenvalue weighted by atomic mass is 35.5. The van der Waals surface area contributed by atoms with Crippen LogP contribution in [-0.4, -0.2) is 21.9 Å². The topological polar surface area (TPSA) is 63.8 Å². The van der Waals surface area contributed by atoms with Gasteiger partial charge in [-0.25, -0.2) is 4.79 Å². The number of aryl methyl sites for hydroxylation is 1.